The molecule has 1 unspecified atom stereocenters. The number of nitrogens with one attached hydrogen (secondary N) is 1. The molecule has 0 aliphatic rings. The number of hydrogen-bond donors (Lipinski definition) is 1. The van der Waals surface area contributed by atoms with Gasteiger partial charge in [-0.15, -0.1) is 0 Å². The summed E-state index contributed by atoms with van der Waals surface area (Å²) in [5.74, 6) is -1.22. The van der Waals surface area contributed by atoms with E-state index < -0.39 is 24.3 Å². The first kappa shape index (κ1) is 66.6. The third-order valence-electron chi connectivity index (χ3n) is 12.5. The Morgan fingerprint density at radius 2 is 0.800 bits per heavy atom. The standard InChI is InChI=1S/C60H108N2O8/c1-6-9-12-15-18-21-24-26-28-30-32-35-38-41-44-47-57(63)67-53-56(54-68-58(64)48-45-42-39-36-33-31-29-27-25-22-19-16-13-10-7-2)69-59(65)50-49-55(70-60(66)61-51-52-62(4)5)46-43-40-37-34-23-20-17-14-11-8-3/h18-19,21-22,26-29,55-56H,6-17,20,23-25,30-54H2,1-5H3,(H,61,66)/b21-18-,22-19-,28-26-,29-27-. The van der Waals surface area contributed by atoms with Crippen LogP contribution in [0.4, 0.5) is 4.79 Å². The van der Waals surface area contributed by atoms with E-state index in [1.165, 1.54) is 96.3 Å². The van der Waals surface area contributed by atoms with Gasteiger partial charge in [0.2, 0.25) is 0 Å². The van der Waals surface area contributed by atoms with Gasteiger partial charge in [-0.25, -0.2) is 4.79 Å². The number of rotatable bonds is 51. The van der Waals surface area contributed by atoms with Crippen LogP contribution in [0.1, 0.15) is 258 Å². The van der Waals surface area contributed by atoms with Crippen LogP contribution in [0.15, 0.2) is 48.6 Å². The number of carbonyl (C=O) groups excluding carboxylic acids is 4. The Kier molecular flexibility index (Phi) is 50.8. The van der Waals surface area contributed by atoms with Crippen LogP contribution < -0.4 is 5.32 Å². The molecule has 0 aromatic carbocycles. The minimum absolute atomic E-state index is 0.0176. The quantitative estimate of drug-likeness (QED) is 0.0275. The summed E-state index contributed by atoms with van der Waals surface area (Å²) in [6.45, 7) is 7.48. The van der Waals surface area contributed by atoms with Crippen LogP contribution in [0.3, 0.4) is 0 Å². The van der Waals surface area contributed by atoms with Gasteiger partial charge in [0.1, 0.15) is 19.3 Å². The summed E-state index contributed by atoms with van der Waals surface area (Å²) in [6, 6.07) is 0. The molecule has 1 atom stereocenters. The van der Waals surface area contributed by atoms with Crippen LogP contribution in [0.2, 0.25) is 0 Å². The molecule has 0 rings (SSSR count). The Labute approximate surface area is 430 Å². The maximum Gasteiger partial charge on any atom is 0.407 e. The Bertz CT molecular complexity index is 1270. The minimum atomic E-state index is -0.926. The van der Waals surface area contributed by atoms with Gasteiger partial charge < -0.3 is 29.2 Å². The molecule has 0 radical (unpaired) electrons. The number of hydrogen-bond acceptors (Lipinski definition) is 9. The zero-order valence-corrected chi connectivity index (χ0v) is 46.0. The molecule has 0 aromatic heterocycles. The van der Waals surface area contributed by atoms with Crippen LogP contribution in [-0.2, 0) is 33.3 Å². The van der Waals surface area contributed by atoms with E-state index in [0.29, 0.717) is 25.9 Å². The lowest BCUT2D eigenvalue weighted by Gasteiger charge is -2.21. The minimum Gasteiger partial charge on any atom is -0.462 e. The SMILES string of the molecule is CCCCC/C=C\C/C=C\CCCCCCCC(=O)OCC(COC(=O)CCCCCCC/C=C\C/C=C\CCCCC)OC(=O)CCC(CCCCCCCCCCCC)OC(=O)NCCN(C)C. The van der Waals surface area contributed by atoms with Crippen molar-refractivity contribution in [3.05, 3.63) is 48.6 Å². The number of amides is 1. The normalized spacial score (nSPS) is 12.3. The van der Waals surface area contributed by atoms with Crippen LogP contribution >= 0.6 is 0 Å². The Morgan fingerprint density at radius 3 is 1.24 bits per heavy atom. The van der Waals surface area contributed by atoms with Crippen molar-refractivity contribution in [1.82, 2.24) is 10.2 Å². The van der Waals surface area contributed by atoms with Gasteiger partial charge in [-0.1, -0.05) is 191 Å². The van der Waals surface area contributed by atoms with Gasteiger partial charge in [0, 0.05) is 32.4 Å². The summed E-state index contributed by atoms with van der Waals surface area (Å²) < 4.78 is 22.8. The lowest BCUT2D eigenvalue weighted by atomic mass is 10.0. The molecule has 0 fully saturated rings. The maximum atomic E-state index is 13.3. The number of nitrogens with zero attached hydrogens (tertiary/aromatic N) is 1. The highest BCUT2D eigenvalue weighted by atomic mass is 16.6. The fraction of sp³-hybridized carbons (Fsp3) is 0.800. The first-order valence-corrected chi connectivity index (χ1v) is 28.9. The Morgan fingerprint density at radius 1 is 0.414 bits per heavy atom. The molecule has 1 amide bonds. The van der Waals surface area contributed by atoms with E-state index in [2.05, 4.69) is 74.7 Å². The first-order valence-electron chi connectivity index (χ1n) is 28.9. The lowest BCUT2D eigenvalue weighted by molar-refractivity contribution is -0.167. The summed E-state index contributed by atoms with van der Waals surface area (Å²) in [5.41, 5.74) is 0. The summed E-state index contributed by atoms with van der Waals surface area (Å²) in [4.78, 5) is 53.6. The van der Waals surface area contributed by atoms with Crippen molar-refractivity contribution in [2.24, 2.45) is 0 Å². The second-order valence-corrected chi connectivity index (χ2v) is 19.7. The number of carbonyl (C=O) groups is 4. The second-order valence-electron chi connectivity index (χ2n) is 19.7. The maximum absolute atomic E-state index is 13.3. The summed E-state index contributed by atoms with van der Waals surface area (Å²) in [5, 5.41) is 2.82. The molecule has 0 aromatic rings. The zero-order chi connectivity index (χ0) is 51.2. The highest BCUT2D eigenvalue weighted by Crippen LogP contribution is 2.17. The Balaban J connectivity index is 5.03. The zero-order valence-electron chi connectivity index (χ0n) is 46.0. The molecule has 10 heteroatoms. The topological polar surface area (TPSA) is 120 Å². The monoisotopic (exact) mass is 985 g/mol. The summed E-state index contributed by atoms with van der Waals surface area (Å²) >= 11 is 0. The molecule has 0 bridgehead atoms. The number of unbranched alkanes of at least 4 members (excludes halogenated alkanes) is 25. The third-order valence-corrected chi connectivity index (χ3v) is 12.5. The van der Waals surface area contributed by atoms with E-state index in [4.69, 9.17) is 18.9 Å². The van der Waals surface area contributed by atoms with Gasteiger partial charge in [0.25, 0.3) is 0 Å². The molecule has 0 saturated heterocycles. The molecule has 1 N–H and O–H groups in total. The predicted molar refractivity (Wildman–Crippen MR) is 293 cm³/mol. The largest absolute Gasteiger partial charge is 0.462 e. The van der Waals surface area contributed by atoms with Gasteiger partial charge in [-0.2, -0.15) is 0 Å². The molecular formula is C60H108N2O8. The number of alkyl carbamates (subject to hydrolysis) is 1. The summed E-state index contributed by atoms with van der Waals surface area (Å²) in [6.07, 6.45) is 54.0. The summed E-state index contributed by atoms with van der Waals surface area (Å²) in [7, 11) is 3.89. The molecule has 0 saturated carbocycles. The van der Waals surface area contributed by atoms with Crippen molar-refractivity contribution >= 4 is 24.0 Å². The molecule has 0 heterocycles. The van der Waals surface area contributed by atoms with E-state index in [1.54, 1.807) is 0 Å². The second kappa shape index (κ2) is 53.4. The van der Waals surface area contributed by atoms with Crippen molar-refractivity contribution in [1.29, 1.82) is 0 Å². The average molecular weight is 986 g/mol. The average Bonchev–Trinajstić information content (AvgIpc) is 3.34. The van der Waals surface area contributed by atoms with E-state index in [-0.39, 0.29) is 44.4 Å². The van der Waals surface area contributed by atoms with Gasteiger partial charge in [0.15, 0.2) is 6.10 Å². The van der Waals surface area contributed by atoms with Crippen molar-refractivity contribution in [3.8, 4) is 0 Å². The van der Waals surface area contributed by atoms with Gasteiger partial charge in [0.05, 0.1) is 0 Å². The molecule has 10 nitrogen and oxygen atoms in total. The smallest absolute Gasteiger partial charge is 0.407 e. The highest BCUT2D eigenvalue weighted by molar-refractivity contribution is 5.71. The molecular weight excluding hydrogens is 877 g/mol. The third kappa shape index (κ3) is 51.0. The lowest BCUT2D eigenvalue weighted by Crippen LogP contribution is -2.34. The highest BCUT2D eigenvalue weighted by Gasteiger charge is 2.22. The molecule has 406 valence electrons. The number of ether oxygens (including phenoxy) is 4. The van der Waals surface area contributed by atoms with Crippen LogP contribution in [0.25, 0.3) is 0 Å². The van der Waals surface area contributed by atoms with E-state index in [9.17, 15) is 19.2 Å². The van der Waals surface area contributed by atoms with Crippen molar-refractivity contribution < 1.29 is 38.1 Å². The van der Waals surface area contributed by atoms with Crippen molar-refractivity contribution in [2.75, 3.05) is 40.4 Å². The number of likely N-dealkylation sites (N-methyl/N-ethyl adjacent to an activating group) is 1. The Hall–Kier alpha value is -3.40. The van der Waals surface area contributed by atoms with E-state index in [1.807, 2.05) is 19.0 Å². The van der Waals surface area contributed by atoms with Crippen LogP contribution in [-0.4, -0.2) is 81.5 Å². The van der Waals surface area contributed by atoms with Gasteiger partial charge in [-0.3, -0.25) is 14.4 Å². The number of esters is 3. The predicted octanol–water partition coefficient (Wildman–Crippen LogP) is 16.4. The van der Waals surface area contributed by atoms with Crippen molar-refractivity contribution in [2.45, 2.75) is 271 Å². The molecule has 0 aliphatic carbocycles. The molecule has 0 aliphatic heterocycles. The van der Waals surface area contributed by atoms with Gasteiger partial charge in [-0.05, 0) is 110 Å². The van der Waals surface area contributed by atoms with Gasteiger partial charge >= 0.3 is 24.0 Å². The molecule has 70 heavy (non-hydrogen) atoms. The van der Waals surface area contributed by atoms with E-state index >= 15 is 0 Å². The van der Waals surface area contributed by atoms with Crippen LogP contribution in [0, 0.1) is 0 Å². The fourth-order valence-electron chi connectivity index (χ4n) is 8.01. The molecule has 0 spiro atoms. The van der Waals surface area contributed by atoms with Crippen LogP contribution in [0.5, 0.6) is 0 Å². The van der Waals surface area contributed by atoms with Crippen molar-refractivity contribution in [3.63, 3.8) is 0 Å². The number of allylic oxidation sites excluding steroid dienone is 8. The first-order chi connectivity index (χ1) is 34.2. The fourth-order valence-corrected chi connectivity index (χ4v) is 8.01. The van der Waals surface area contributed by atoms with E-state index in [0.717, 1.165) is 109 Å².